The summed E-state index contributed by atoms with van der Waals surface area (Å²) in [5, 5.41) is 0.684. The minimum absolute atomic E-state index is 0.0532. The minimum Gasteiger partial charge on any atom is -0.367 e. The molecule has 1 aliphatic heterocycles. The maximum Gasteiger partial charge on any atom is 0.223 e. The van der Waals surface area contributed by atoms with Crippen LogP contribution in [-0.2, 0) is 14.6 Å². The molecule has 152 valence electrons. The Hall–Kier alpha value is -2.23. The zero-order valence-corrected chi connectivity index (χ0v) is 17.9. The van der Waals surface area contributed by atoms with Crippen LogP contribution in [0.15, 0.2) is 47.4 Å². The van der Waals surface area contributed by atoms with E-state index < -0.39 is 9.84 Å². The molecular weight excluding hydrogens is 432 g/mol. The van der Waals surface area contributed by atoms with Crippen molar-refractivity contribution in [3.05, 3.63) is 47.5 Å². The fourth-order valence-electron chi connectivity index (χ4n) is 3.43. The molecule has 0 N–H and O–H groups in total. The van der Waals surface area contributed by atoms with Crippen LogP contribution >= 0.6 is 23.3 Å². The predicted octanol–water partition coefficient (Wildman–Crippen LogP) is 2.86. The number of nitrogens with zero attached hydrogens (tertiary/aromatic N) is 4. The first-order chi connectivity index (χ1) is 14.0. The fourth-order valence-corrected chi connectivity index (χ4v) is 5.68. The van der Waals surface area contributed by atoms with Crippen molar-refractivity contribution in [2.45, 2.75) is 11.3 Å². The number of halogens is 1. The summed E-state index contributed by atoms with van der Waals surface area (Å²) in [5.41, 5.74) is 1.88. The predicted molar refractivity (Wildman–Crippen MR) is 114 cm³/mol. The average molecular weight is 451 g/mol. The van der Waals surface area contributed by atoms with Crippen molar-refractivity contribution >= 4 is 55.8 Å². The van der Waals surface area contributed by atoms with Crippen LogP contribution < -0.4 is 4.90 Å². The van der Waals surface area contributed by atoms with E-state index in [0.29, 0.717) is 42.2 Å². The topological polar surface area (TPSA) is 83.5 Å². The number of para-hydroxylation sites is 1. The Morgan fingerprint density at radius 3 is 2.55 bits per heavy atom. The molecule has 2 heterocycles. The zero-order valence-electron chi connectivity index (χ0n) is 15.5. The van der Waals surface area contributed by atoms with Crippen LogP contribution in [0.4, 0.5) is 5.69 Å². The van der Waals surface area contributed by atoms with Gasteiger partial charge in [0.1, 0.15) is 11.0 Å². The van der Waals surface area contributed by atoms with Gasteiger partial charge in [-0.25, -0.2) is 8.42 Å². The number of carbonyl (C=O) groups excluding carboxylic acids is 1. The molecular formula is C19H19ClN4O3S2. The van der Waals surface area contributed by atoms with Crippen LogP contribution in [-0.4, -0.2) is 59.9 Å². The number of anilines is 1. The molecule has 0 bridgehead atoms. The number of fused-ring (bicyclic) bond motifs is 1. The number of piperazine rings is 1. The van der Waals surface area contributed by atoms with Gasteiger partial charge in [-0.1, -0.05) is 29.8 Å². The monoisotopic (exact) mass is 450 g/mol. The van der Waals surface area contributed by atoms with Gasteiger partial charge < -0.3 is 9.80 Å². The van der Waals surface area contributed by atoms with Crippen molar-refractivity contribution in [3.63, 3.8) is 0 Å². The van der Waals surface area contributed by atoms with Crippen LogP contribution in [0.5, 0.6) is 0 Å². The molecule has 0 saturated carbocycles. The summed E-state index contributed by atoms with van der Waals surface area (Å²) in [6.45, 7) is 2.39. The molecule has 2 aromatic carbocycles. The number of benzene rings is 2. The van der Waals surface area contributed by atoms with E-state index in [2.05, 4.69) is 13.6 Å². The minimum atomic E-state index is -3.62. The van der Waals surface area contributed by atoms with Gasteiger partial charge in [0.25, 0.3) is 0 Å². The van der Waals surface area contributed by atoms with Crippen LogP contribution in [0.1, 0.15) is 6.42 Å². The summed E-state index contributed by atoms with van der Waals surface area (Å²) in [4.78, 5) is 16.6. The number of hydrogen-bond donors (Lipinski definition) is 0. The zero-order chi connectivity index (χ0) is 20.4. The lowest BCUT2D eigenvalue weighted by molar-refractivity contribution is -0.131. The first-order valence-corrected chi connectivity index (χ1v) is 11.9. The van der Waals surface area contributed by atoms with Crippen molar-refractivity contribution in [1.29, 1.82) is 0 Å². The highest BCUT2D eigenvalue weighted by molar-refractivity contribution is 7.91. The number of rotatable bonds is 5. The van der Waals surface area contributed by atoms with E-state index in [4.69, 9.17) is 11.6 Å². The molecule has 0 radical (unpaired) electrons. The van der Waals surface area contributed by atoms with E-state index >= 15 is 0 Å². The molecule has 0 atom stereocenters. The number of sulfone groups is 1. The normalized spacial score (nSPS) is 15.1. The van der Waals surface area contributed by atoms with E-state index in [0.717, 1.165) is 17.4 Å². The number of hydrogen-bond acceptors (Lipinski definition) is 7. The van der Waals surface area contributed by atoms with E-state index in [9.17, 15) is 13.2 Å². The molecule has 0 unspecified atom stereocenters. The highest BCUT2D eigenvalue weighted by Crippen LogP contribution is 2.26. The lowest BCUT2D eigenvalue weighted by Crippen LogP contribution is -2.49. The molecule has 1 saturated heterocycles. The lowest BCUT2D eigenvalue weighted by Gasteiger charge is -2.36. The quantitative estimate of drug-likeness (QED) is 0.594. The van der Waals surface area contributed by atoms with Crippen molar-refractivity contribution in [1.82, 2.24) is 13.6 Å². The van der Waals surface area contributed by atoms with Gasteiger partial charge >= 0.3 is 0 Å². The Morgan fingerprint density at radius 2 is 1.79 bits per heavy atom. The van der Waals surface area contributed by atoms with Gasteiger partial charge in [-0.05, 0) is 24.3 Å². The Bertz CT molecular complexity index is 1140. The summed E-state index contributed by atoms with van der Waals surface area (Å²) in [7, 11) is -3.62. The van der Waals surface area contributed by atoms with E-state index in [1.807, 2.05) is 24.3 Å². The summed E-state index contributed by atoms with van der Waals surface area (Å²) in [6.07, 6.45) is -0.0532. The van der Waals surface area contributed by atoms with Crippen LogP contribution in [0.3, 0.4) is 0 Å². The first kappa shape index (κ1) is 20.1. The SMILES string of the molecule is O=C(CCS(=O)(=O)c1cccc2nsnc12)N1CCN(c2ccccc2Cl)CC1. The molecule has 4 rings (SSSR count). The molecule has 1 fully saturated rings. The van der Waals surface area contributed by atoms with Crippen molar-refractivity contribution < 1.29 is 13.2 Å². The van der Waals surface area contributed by atoms with Crippen molar-refractivity contribution in [2.24, 2.45) is 0 Å². The summed E-state index contributed by atoms with van der Waals surface area (Å²) >= 11 is 7.23. The molecule has 3 aromatic rings. The van der Waals surface area contributed by atoms with E-state index in [1.165, 1.54) is 6.07 Å². The number of aromatic nitrogens is 2. The van der Waals surface area contributed by atoms with Crippen molar-refractivity contribution in [3.8, 4) is 0 Å². The van der Waals surface area contributed by atoms with Crippen LogP contribution in [0, 0.1) is 0 Å². The maximum atomic E-state index is 12.7. The molecule has 7 nitrogen and oxygen atoms in total. The summed E-state index contributed by atoms with van der Waals surface area (Å²) < 4.78 is 33.7. The molecule has 10 heteroatoms. The van der Waals surface area contributed by atoms with Gasteiger partial charge in [0.2, 0.25) is 5.91 Å². The Labute approximate surface area is 178 Å². The highest BCUT2D eigenvalue weighted by atomic mass is 35.5. The second-order valence-electron chi connectivity index (χ2n) is 6.78. The van der Waals surface area contributed by atoms with Gasteiger partial charge in [0.05, 0.1) is 33.1 Å². The third-order valence-electron chi connectivity index (χ3n) is 4.99. The molecule has 1 aromatic heterocycles. The fraction of sp³-hybridized carbons (Fsp3) is 0.316. The van der Waals surface area contributed by atoms with Gasteiger partial charge in [0.15, 0.2) is 9.84 Å². The molecule has 1 amide bonds. The molecule has 0 spiro atoms. The largest absolute Gasteiger partial charge is 0.367 e. The van der Waals surface area contributed by atoms with E-state index in [-0.39, 0.29) is 23.0 Å². The van der Waals surface area contributed by atoms with Gasteiger partial charge in [-0.3, -0.25) is 4.79 Å². The second-order valence-corrected chi connectivity index (χ2v) is 9.79. The molecule has 1 aliphatic rings. The molecule has 29 heavy (non-hydrogen) atoms. The summed E-state index contributed by atoms with van der Waals surface area (Å²) in [6, 6.07) is 12.5. The van der Waals surface area contributed by atoms with Gasteiger partial charge in [-0.15, -0.1) is 0 Å². The Kier molecular flexibility index (Phi) is 5.71. The third-order valence-corrected chi connectivity index (χ3v) is 7.60. The van der Waals surface area contributed by atoms with Crippen molar-refractivity contribution in [2.75, 3.05) is 36.8 Å². The lowest BCUT2D eigenvalue weighted by atomic mass is 10.2. The number of amides is 1. The Morgan fingerprint density at radius 1 is 1.03 bits per heavy atom. The Balaban J connectivity index is 1.37. The smallest absolute Gasteiger partial charge is 0.223 e. The van der Waals surface area contributed by atoms with E-state index in [1.54, 1.807) is 17.0 Å². The second kappa shape index (κ2) is 8.25. The molecule has 0 aliphatic carbocycles. The van der Waals surface area contributed by atoms with Crippen LogP contribution in [0.2, 0.25) is 5.02 Å². The maximum absolute atomic E-state index is 12.7. The number of carbonyl (C=O) groups is 1. The van der Waals surface area contributed by atoms with Gasteiger partial charge in [-0.2, -0.15) is 8.75 Å². The third kappa shape index (κ3) is 4.22. The average Bonchev–Trinajstić information content (AvgIpc) is 3.21. The highest BCUT2D eigenvalue weighted by Gasteiger charge is 2.25. The first-order valence-electron chi connectivity index (χ1n) is 9.17. The van der Waals surface area contributed by atoms with Crippen LogP contribution in [0.25, 0.3) is 11.0 Å². The van der Waals surface area contributed by atoms with Gasteiger partial charge in [0, 0.05) is 32.6 Å². The standard InChI is InChI=1S/C19H19ClN4O3S2/c20-14-4-1-2-6-16(14)23-9-11-24(12-10-23)18(25)8-13-29(26,27)17-7-3-5-15-19(17)22-28-21-15/h1-7H,8-13H2. The summed E-state index contributed by atoms with van der Waals surface area (Å²) in [5.74, 6) is -0.399.